The van der Waals surface area contributed by atoms with Gasteiger partial charge in [0.1, 0.15) is 5.82 Å². The molecule has 1 unspecified atom stereocenters. The van der Waals surface area contributed by atoms with Crippen molar-refractivity contribution in [3.8, 4) is 5.75 Å². The van der Waals surface area contributed by atoms with Gasteiger partial charge in [0.2, 0.25) is 11.7 Å². The highest BCUT2D eigenvalue weighted by molar-refractivity contribution is 6.30. The Bertz CT molecular complexity index is 1070. The second kappa shape index (κ2) is 8.62. The van der Waals surface area contributed by atoms with Gasteiger partial charge >= 0.3 is 5.56 Å². The van der Waals surface area contributed by atoms with Crippen LogP contribution in [0.15, 0.2) is 52.6 Å². The number of methoxy groups -OCH3 is 1. The van der Waals surface area contributed by atoms with Gasteiger partial charge in [0, 0.05) is 11.6 Å². The summed E-state index contributed by atoms with van der Waals surface area (Å²) in [5, 5.41) is 13.6. The quantitative estimate of drug-likeness (QED) is 0.716. The van der Waals surface area contributed by atoms with Crippen LogP contribution in [0.3, 0.4) is 0 Å². The third kappa shape index (κ3) is 4.91. The summed E-state index contributed by atoms with van der Waals surface area (Å²) in [4.78, 5) is 16.4. The molecule has 1 aromatic heterocycles. The van der Waals surface area contributed by atoms with E-state index in [9.17, 15) is 14.3 Å². The van der Waals surface area contributed by atoms with Crippen molar-refractivity contribution in [1.82, 2.24) is 9.55 Å². The van der Waals surface area contributed by atoms with Crippen molar-refractivity contribution >= 4 is 17.5 Å². The maximum absolute atomic E-state index is 13.5. The summed E-state index contributed by atoms with van der Waals surface area (Å²) in [6.45, 7) is 5.77. The van der Waals surface area contributed by atoms with Crippen molar-refractivity contribution < 1.29 is 14.2 Å². The lowest BCUT2D eigenvalue weighted by atomic mass is 9.83. The standard InChI is InChI=1S/C22H25ClFN3O3/c1-13-5-7-15(22(2,3)29)10-18(13)25-21-26-20(28)19(30-4)12-27(21)11-14-6-8-17(24)16(23)9-14/h5-6,8-10,12,15,29H,7,11H2,1-4H3,(H,25,26,28). The molecule has 1 aromatic carbocycles. The van der Waals surface area contributed by atoms with E-state index in [1.807, 2.05) is 19.1 Å². The summed E-state index contributed by atoms with van der Waals surface area (Å²) in [7, 11) is 1.40. The zero-order chi connectivity index (χ0) is 22.1. The molecule has 0 amide bonds. The first kappa shape index (κ1) is 22.1. The third-order valence-electron chi connectivity index (χ3n) is 5.14. The van der Waals surface area contributed by atoms with E-state index < -0.39 is 17.0 Å². The van der Waals surface area contributed by atoms with Crippen LogP contribution in [-0.4, -0.2) is 27.4 Å². The Kier molecular flexibility index (Phi) is 6.33. The number of rotatable bonds is 6. The Hall–Kier alpha value is -2.64. The van der Waals surface area contributed by atoms with E-state index in [0.29, 0.717) is 5.95 Å². The molecule has 0 saturated carbocycles. The smallest absolute Gasteiger partial charge is 0.316 e. The summed E-state index contributed by atoms with van der Waals surface area (Å²) >= 11 is 5.91. The van der Waals surface area contributed by atoms with E-state index in [0.717, 1.165) is 23.3 Å². The zero-order valence-electron chi connectivity index (χ0n) is 17.4. The second-order valence-electron chi connectivity index (χ2n) is 7.90. The maximum Gasteiger partial charge on any atom is 0.316 e. The lowest BCUT2D eigenvalue weighted by Crippen LogP contribution is -2.31. The molecule has 3 rings (SSSR count). The minimum absolute atomic E-state index is 0.0183. The average molecular weight is 434 g/mol. The number of nitrogens with zero attached hydrogens (tertiary/aromatic N) is 2. The highest BCUT2D eigenvalue weighted by Crippen LogP contribution is 2.31. The summed E-state index contributed by atoms with van der Waals surface area (Å²) in [6, 6.07) is 4.44. The van der Waals surface area contributed by atoms with Gasteiger partial charge in [-0.15, -0.1) is 0 Å². The zero-order valence-corrected chi connectivity index (χ0v) is 18.1. The molecule has 8 heteroatoms. The van der Waals surface area contributed by atoms with Crippen molar-refractivity contribution in [2.24, 2.45) is 5.92 Å². The van der Waals surface area contributed by atoms with E-state index in [1.54, 1.807) is 30.7 Å². The molecule has 160 valence electrons. The van der Waals surface area contributed by atoms with Crippen LogP contribution < -0.4 is 15.6 Å². The Labute approximate surface area is 179 Å². The molecule has 30 heavy (non-hydrogen) atoms. The largest absolute Gasteiger partial charge is 0.490 e. The summed E-state index contributed by atoms with van der Waals surface area (Å²) < 4.78 is 20.3. The van der Waals surface area contributed by atoms with Gasteiger partial charge in [0.05, 0.1) is 30.5 Å². The predicted octanol–water partition coefficient (Wildman–Crippen LogP) is 4.13. The van der Waals surface area contributed by atoms with Gasteiger partial charge in [0.25, 0.3) is 0 Å². The molecule has 2 aromatic rings. The summed E-state index contributed by atoms with van der Waals surface area (Å²) in [5.74, 6) is -0.192. The van der Waals surface area contributed by atoms with Crippen LogP contribution >= 0.6 is 11.6 Å². The molecule has 1 aliphatic rings. The van der Waals surface area contributed by atoms with Crippen molar-refractivity contribution in [3.63, 3.8) is 0 Å². The summed E-state index contributed by atoms with van der Waals surface area (Å²) in [6.07, 6.45) is 6.25. The van der Waals surface area contributed by atoms with Crippen molar-refractivity contribution in [3.05, 3.63) is 74.6 Å². The van der Waals surface area contributed by atoms with Gasteiger partial charge in [-0.1, -0.05) is 29.8 Å². The molecular formula is C22H25ClFN3O3. The number of benzene rings is 1. The fraction of sp³-hybridized carbons (Fsp3) is 0.364. The Morgan fingerprint density at radius 3 is 2.80 bits per heavy atom. The van der Waals surface area contributed by atoms with Gasteiger partial charge < -0.3 is 19.7 Å². The van der Waals surface area contributed by atoms with Crippen molar-refractivity contribution in [1.29, 1.82) is 0 Å². The predicted molar refractivity (Wildman–Crippen MR) is 115 cm³/mol. The fourth-order valence-corrected chi connectivity index (χ4v) is 3.44. The number of anilines is 1. The molecule has 0 bridgehead atoms. The third-order valence-corrected chi connectivity index (χ3v) is 5.43. The van der Waals surface area contributed by atoms with E-state index in [1.165, 1.54) is 19.2 Å². The van der Waals surface area contributed by atoms with Crippen molar-refractivity contribution in [2.75, 3.05) is 12.4 Å². The fourth-order valence-electron chi connectivity index (χ4n) is 3.24. The van der Waals surface area contributed by atoms with Crippen LogP contribution in [0.4, 0.5) is 10.3 Å². The molecule has 1 heterocycles. The monoisotopic (exact) mass is 433 g/mol. The number of aromatic nitrogens is 2. The molecule has 6 nitrogen and oxygen atoms in total. The molecule has 0 spiro atoms. The normalized spacial score (nSPS) is 16.7. The lowest BCUT2D eigenvalue weighted by Gasteiger charge is -2.30. The topological polar surface area (TPSA) is 76.4 Å². The van der Waals surface area contributed by atoms with E-state index in [2.05, 4.69) is 10.3 Å². The Morgan fingerprint density at radius 2 is 2.17 bits per heavy atom. The Morgan fingerprint density at radius 1 is 1.43 bits per heavy atom. The Balaban J connectivity index is 2.00. The molecule has 0 saturated heterocycles. The highest BCUT2D eigenvalue weighted by Gasteiger charge is 2.27. The van der Waals surface area contributed by atoms with E-state index >= 15 is 0 Å². The van der Waals surface area contributed by atoms with Crippen LogP contribution in [0, 0.1) is 11.7 Å². The number of hydrogen-bond acceptors (Lipinski definition) is 5. The molecule has 1 aliphatic carbocycles. The van der Waals surface area contributed by atoms with Gasteiger partial charge in [0.15, 0.2) is 0 Å². The number of aliphatic hydroxyl groups is 1. The van der Waals surface area contributed by atoms with Gasteiger partial charge in [-0.2, -0.15) is 4.98 Å². The van der Waals surface area contributed by atoms with Crippen LogP contribution in [0.2, 0.25) is 5.02 Å². The van der Waals surface area contributed by atoms with Gasteiger partial charge in [-0.25, -0.2) is 4.39 Å². The number of ether oxygens (including phenoxy) is 1. The molecule has 0 aliphatic heterocycles. The molecular weight excluding hydrogens is 409 g/mol. The van der Waals surface area contributed by atoms with Crippen LogP contribution in [0.1, 0.15) is 32.8 Å². The van der Waals surface area contributed by atoms with Gasteiger partial charge in [-0.05, 0) is 50.5 Å². The first-order valence-corrected chi connectivity index (χ1v) is 9.94. The molecule has 2 N–H and O–H groups in total. The van der Waals surface area contributed by atoms with E-state index in [4.69, 9.17) is 16.3 Å². The number of halogens is 2. The molecule has 0 radical (unpaired) electrons. The number of hydrogen-bond donors (Lipinski definition) is 2. The van der Waals surface area contributed by atoms with E-state index in [-0.39, 0.29) is 23.2 Å². The van der Waals surface area contributed by atoms with Gasteiger partial charge in [-0.3, -0.25) is 4.79 Å². The average Bonchev–Trinajstić information content (AvgIpc) is 2.67. The first-order valence-electron chi connectivity index (χ1n) is 9.56. The molecule has 1 atom stereocenters. The molecule has 0 fully saturated rings. The number of nitrogens with one attached hydrogen (secondary N) is 1. The maximum atomic E-state index is 13.5. The minimum atomic E-state index is -0.887. The number of allylic oxidation sites excluding steroid dienone is 2. The van der Waals surface area contributed by atoms with Crippen LogP contribution in [-0.2, 0) is 6.54 Å². The second-order valence-corrected chi connectivity index (χ2v) is 8.31. The minimum Gasteiger partial charge on any atom is -0.490 e. The highest BCUT2D eigenvalue weighted by atomic mass is 35.5. The summed E-state index contributed by atoms with van der Waals surface area (Å²) in [5.41, 5.74) is 1.08. The SMILES string of the molecule is COc1cn(Cc2ccc(F)c(Cl)c2)c(NC2=CC(C(C)(C)O)CC=C2C)nc1=O. The van der Waals surface area contributed by atoms with Crippen molar-refractivity contribution in [2.45, 2.75) is 39.3 Å². The first-order chi connectivity index (χ1) is 14.1. The van der Waals surface area contributed by atoms with Crippen LogP contribution in [0.5, 0.6) is 5.75 Å². The lowest BCUT2D eigenvalue weighted by molar-refractivity contribution is 0.0373. The van der Waals surface area contributed by atoms with Crippen LogP contribution in [0.25, 0.3) is 0 Å².